The quantitative estimate of drug-likeness (QED) is 0.501. The molecule has 0 radical (unpaired) electrons. The fourth-order valence-corrected chi connectivity index (χ4v) is 5.43. The Labute approximate surface area is 187 Å². The molecule has 0 saturated carbocycles. The second kappa shape index (κ2) is 9.56. The van der Waals surface area contributed by atoms with Crippen molar-refractivity contribution in [1.82, 2.24) is 19.9 Å². The Kier molecular flexibility index (Phi) is 6.80. The highest BCUT2D eigenvalue weighted by atomic mass is 32.2. The molecule has 0 N–H and O–H groups in total. The molecule has 0 bridgehead atoms. The third-order valence-electron chi connectivity index (χ3n) is 5.67. The van der Waals surface area contributed by atoms with Gasteiger partial charge in [0.15, 0.2) is 0 Å². The van der Waals surface area contributed by atoms with Gasteiger partial charge in [-0.25, -0.2) is 23.5 Å². The number of methoxy groups -OCH3 is 1. The minimum Gasteiger partial charge on any atom is -0.383 e. The number of ether oxygens (including phenoxy) is 1. The van der Waals surface area contributed by atoms with Crippen molar-refractivity contribution >= 4 is 37.2 Å². The molecule has 2 aromatic heterocycles. The van der Waals surface area contributed by atoms with Gasteiger partial charge in [0.2, 0.25) is 5.95 Å². The predicted molar refractivity (Wildman–Crippen MR) is 125 cm³/mol. The molecule has 10 heteroatoms. The summed E-state index contributed by atoms with van der Waals surface area (Å²) in [5, 5.41) is 0. The zero-order chi connectivity index (χ0) is 21.8. The Balaban J connectivity index is 1.38. The van der Waals surface area contributed by atoms with Crippen molar-refractivity contribution in [2.24, 2.45) is 4.36 Å². The van der Waals surface area contributed by atoms with Crippen LogP contribution in [0.15, 0.2) is 45.4 Å². The van der Waals surface area contributed by atoms with Gasteiger partial charge >= 0.3 is 0 Å². The van der Waals surface area contributed by atoms with Crippen LogP contribution in [0.3, 0.4) is 0 Å². The molecule has 1 aromatic carbocycles. The van der Waals surface area contributed by atoms with Crippen molar-refractivity contribution in [3.8, 4) is 0 Å². The van der Waals surface area contributed by atoms with Crippen molar-refractivity contribution < 1.29 is 8.95 Å². The maximum absolute atomic E-state index is 12.7. The monoisotopic (exact) mass is 460 g/mol. The van der Waals surface area contributed by atoms with Crippen molar-refractivity contribution in [3.63, 3.8) is 0 Å². The summed E-state index contributed by atoms with van der Waals surface area (Å²) < 4.78 is 23.2. The molecule has 3 heterocycles. The summed E-state index contributed by atoms with van der Waals surface area (Å²) in [7, 11) is -0.901. The van der Waals surface area contributed by atoms with E-state index in [0.29, 0.717) is 30.0 Å². The van der Waals surface area contributed by atoms with E-state index in [4.69, 9.17) is 4.74 Å². The number of hydrogen-bond donors (Lipinski definition) is 0. The van der Waals surface area contributed by atoms with Crippen LogP contribution in [0.4, 0.5) is 5.95 Å². The number of hydrogen-bond acceptors (Lipinski definition) is 9. The van der Waals surface area contributed by atoms with E-state index in [9.17, 15) is 4.21 Å². The topological polar surface area (TPSA) is 83.8 Å². The summed E-state index contributed by atoms with van der Waals surface area (Å²) in [6.07, 6.45) is 4.89. The Morgan fingerprint density at radius 1 is 1.19 bits per heavy atom. The van der Waals surface area contributed by atoms with Crippen molar-refractivity contribution in [3.05, 3.63) is 41.7 Å². The number of fused-ring (bicyclic) bond motifs is 1. The van der Waals surface area contributed by atoms with Crippen LogP contribution in [0, 0.1) is 0 Å². The SMILES string of the molecule is COCCN=S(C)(=O)c1cnc(N2CCN(C(C)c3ccc4scnc4c3)CC2)nc1. The fourth-order valence-electron chi connectivity index (χ4n) is 3.70. The van der Waals surface area contributed by atoms with E-state index in [1.54, 1.807) is 37.1 Å². The molecule has 31 heavy (non-hydrogen) atoms. The van der Waals surface area contributed by atoms with Crippen LogP contribution in [0.1, 0.15) is 18.5 Å². The van der Waals surface area contributed by atoms with Crippen LogP contribution < -0.4 is 4.90 Å². The van der Waals surface area contributed by atoms with Gasteiger partial charge in [0, 0.05) is 58.0 Å². The van der Waals surface area contributed by atoms with Gasteiger partial charge in [0.1, 0.15) is 0 Å². The molecule has 1 fully saturated rings. The van der Waals surface area contributed by atoms with E-state index in [1.165, 1.54) is 10.3 Å². The van der Waals surface area contributed by atoms with E-state index in [-0.39, 0.29) is 0 Å². The molecule has 2 atom stereocenters. The first-order valence-electron chi connectivity index (χ1n) is 10.3. The number of aromatic nitrogens is 3. The molecule has 166 valence electrons. The highest BCUT2D eigenvalue weighted by molar-refractivity contribution is 7.93. The zero-order valence-corrected chi connectivity index (χ0v) is 19.7. The van der Waals surface area contributed by atoms with Gasteiger partial charge in [0.25, 0.3) is 0 Å². The molecule has 4 rings (SSSR count). The number of thiazole rings is 1. The van der Waals surface area contributed by atoms with Crippen LogP contribution in [-0.4, -0.2) is 76.8 Å². The smallest absolute Gasteiger partial charge is 0.225 e. The minimum atomic E-state index is -2.50. The molecular weight excluding hydrogens is 432 g/mol. The molecule has 1 aliphatic heterocycles. The lowest BCUT2D eigenvalue weighted by Crippen LogP contribution is -2.47. The van der Waals surface area contributed by atoms with Crippen LogP contribution in [-0.2, 0) is 14.5 Å². The summed E-state index contributed by atoms with van der Waals surface area (Å²) in [4.78, 5) is 18.6. The maximum Gasteiger partial charge on any atom is 0.225 e. The molecular formula is C21H28N6O2S2. The normalized spacial score (nSPS) is 18.1. The van der Waals surface area contributed by atoms with E-state index >= 15 is 0 Å². The standard InChI is InChI=1S/C21H28N6O2S2/c1-16(17-4-5-20-19(12-17)24-15-30-20)26-7-9-27(10-8-26)21-22-13-18(14-23-21)31(3,28)25-6-11-29-2/h4-5,12-16H,6-11H2,1-3H3. The Morgan fingerprint density at radius 2 is 1.94 bits per heavy atom. The summed E-state index contributed by atoms with van der Waals surface area (Å²) >= 11 is 1.67. The largest absolute Gasteiger partial charge is 0.383 e. The number of anilines is 1. The van der Waals surface area contributed by atoms with Gasteiger partial charge in [-0.15, -0.1) is 11.3 Å². The number of nitrogens with zero attached hydrogens (tertiary/aromatic N) is 6. The molecule has 0 aliphatic carbocycles. The number of benzene rings is 1. The first-order valence-corrected chi connectivity index (χ1v) is 13.1. The summed E-state index contributed by atoms with van der Waals surface area (Å²) in [5.74, 6) is 0.673. The van der Waals surface area contributed by atoms with Crippen molar-refractivity contribution in [2.75, 3.05) is 57.6 Å². The molecule has 0 amide bonds. The van der Waals surface area contributed by atoms with Crippen LogP contribution in [0.25, 0.3) is 10.2 Å². The Morgan fingerprint density at radius 3 is 2.65 bits per heavy atom. The van der Waals surface area contributed by atoms with Gasteiger partial charge in [0.05, 0.1) is 43.5 Å². The number of rotatable bonds is 7. The fraction of sp³-hybridized carbons (Fsp3) is 0.476. The van der Waals surface area contributed by atoms with Crippen LogP contribution in [0.5, 0.6) is 0 Å². The molecule has 1 aliphatic rings. The lowest BCUT2D eigenvalue weighted by atomic mass is 10.1. The molecule has 0 spiro atoms. The summed E-state index contributed by atoms with van der Waals surface area (Å²) in [5.41, 5.74) is 4.26. The van der Waals surface area contributed by atoms with Crippen LogP contribution >= 0.6 is 11.3 Å². The molecule has 8 nitrogen and oxygen atoms in total. The highest BCUT2D eigenvalue weighted by Gasteiger charge is 2.24. The predicted octanol–water partition coefficient (Wildman–Crippen LogP) is 3.07. The van der Waals surface area contributed by atoms with E-state index in [2.05, 4.69) is 54.2 Å². The van der Waals surface area contributed by atoms with Gasteiger partial charge in [-0.2, -0.15) is 0 Å². The lowest BCUT2D eigenvalue weighted by Gasteiger charge is -2.38. The molecule has 3 aromatic rings. The average Bonchev–Trinajstić information content (AvgIpc) is 3.27. The zero-order valence-electron chi connectivity index (χ0n) is 18.1. The first kappa shape index (κ1) is 22.1. The second-order valence-electron chi connectivity index (χ2n) is 7.65. The van der Waals surface area contributed by atoms with Gasteiger partial charge in [-0.1, -0.05) is 6.07 Å². The summed E-state index contributed by atoms with van der Waals surface area (Å²) in [6, 6.07) is 6.90. The van der Waals surface area contributed by atoms with Gasteiger partial charge in [-0.05, 0) is 24.6 Å². The van der Waals surface area contributed by atoms with E-state index in [1.807, 2.05) is 5.51 Å². The van der Waals surface area contributed by atoms with Gasteiger partial charge in [-0.3, -0.25) is 4.90 Å². The van der Waals surface area contributed by atoms with Crippen molar-refractivity contribution in [2.45, 2.75) is 17.9 Å². The molecule has 2 unspecified atom stereocenters. The minimum absolute atomic E-state index is 0.329. The lowest BCUT2D eigenvalue weighted by molar-refractivity contribution is 0.198. The third kappa shape index (κ3) is 5.03. The van der Waals surface area contributed by atoms with Crippen LogP contribution in [0.2, 0.25) is 0 Å². The van der Waals surface area contributed by atoms with Crippen molar-refractivity contribution in [1.29, 1.82) is 0 Å². The first-order chi connectivity index (χ1) is 15.0. The third-order valence-corrected chi connectivity index (χ3v) is 8.24. The highest BCUT2D eigenvalue weighted by Crippen LogP contribution is 2.27. The number of piperazine rings is 1. The Hall–Kier alpha value is -2.14. The maximum atomic E-state index is 12.7. The second-order valence-corrected chi connectivity index (χ2v) is 10.9. The van der Waals surface area contributed by atoms with E-state index < -0.39 is 9.73 Å². The molecule has 1 saturated heterocycles. The average molecular weight is 461 g/mol. The summed E-state index contributed by atoms with van der Waals surface area (Å²) in [6.45, 7) is 6.65. The van der Waals surface area contributed by atoms with Gasteiger partial charge < -0.3 is 9.64 Å². The Bertz CT molecular complexity index is 1130. The van der Waals surface area contributed by atoms with E-state index in [0.717, 1.165) is 31.7 Å².